The number of benzene rings is 3. The number of hydrogen-bond acceptors (Lipinski definition) is 1. The third-order valence-corrected chi connectivity index (χ3v) is 4.71. The van der Waals surface area contributed by atoms with Gasteiger partial charge < -0.3 is 10.6 Å². The summed E-state index contributed by atoms with van der Waals surface area (Å²) in [5.74, 6) is 0.548. The molecule has 3 aromatic carbocycles. The van der Waals surface area contributed by atoms with Crippen molar-refractivity contribution >= 4 is 33.8 Å². The smallest absolute Gasteiger partial charge is 0.171 e. The van der Waals surface area contributed by atoms with Gasteiger partial charge in [-0.3, -0.25) is 0 Å². The minimum atomic E-state index is 0.149. The van der Waals surface area contributed by atoms with Crippen LogP contribution < -0.4 is 10.6 Å². The Morgan fingerprint density at radius 1 is 0.800 bits per heavy atom. The van der Waals surface area contributed by atoms with Crippen LogP contribution in [-0.2, 0) is 0 Å². The van der Waals surface area contributed by atoms with Crippen LogP contribution in [0.25, 0.3) is 10.8 Å². The van der Waals surface area contributed by atoms with Gasteiger partial charge in [0.15, 0.2) is 5.11 Å². The molecule has 0 amide bonds. The van der Waals surface area contributed by atoms with Crippen LogP contribution in [0.3, 0.4) is 0 Å². The molecule has 0 fully saturated rings. The average Bonchev–Trinajstić information content (AvgIpc) is 2.62. The Hall–Kier alpha value is -2.39. The Bertz CT molecular complexity index is 863. The molecule has 2 N–H and O–H groups in total. The maximum atomic E-state index is 5.52. The highest BCUT2D eigenvalue weighted by Crippen LogP contribution is 2.23. The van der Waals surface area contributed by atoms with E-state index >= 15 is 0 Å². The molecule has 0 aliphatic carbocycles. The topological polar surface area (TPSA) is 24.1 Å². The van der Waals surface area contributed by atoms with Crippen LogP contribution in [0, 0.1) is 0 Å². The first-order valence-corrected chi connectivity index (χ1v) is 9.10. The summed E-state index contributed by atoms with van der Waals surface area (Å²) in [6.07, 6.45) is 0. The van der Waals surface area contributed by atoms with Gasteiger partial charge >= 0.3 is 0 Å². The maximum absolute atomic E-state index is 5.52. The van der Waals surface area contributed by atoms with Crippen molar-refractivity contribution < 1.29 is 0 Å². The van der Waals surface area contributed by atoms with Gasteiger partial charge in [0.2, 0.25) is 0 Å². The molecule has 1 atom stereocenters. The van der Waals surface area contributed by atoms with Crippen LogP contribution in [0.5, 0.6) is 0 Å². The molecular weight excluding hydrogens is 324 g/mol. The monoisotopic (exact) mass is 348 g/mol. The highest BCUT2D eigenvalue weighted by molar-refractivity contribution is 7.80. The highest BCUT2D eigenvalue weighted by Gasteiger charge is 2.09. The fourth-order valence-electron chi connectivity index (χ4n) is 2.94. The fourth-order valence-corrected chi connectivity index (χ4v) is 3.23. The maximum Gasteiger partial charge on any atom is 0.171 e. The Labute approximate surface area is 155 Å². The molecule has 0 aliphatic heterocycles. The summed E-state index contributed by atoms with van der Waals surface area (Å²) in [5.41, 5.74) is 3.61. The lowest BCUT2D eigenvalue weighted by atomic mass is 10.00. The van der Waals surface area contributed by atoms with Crippen molar-refractivity contribution in [3.05, 3.63) is 77.9 Å². The molecule has 0 aromatic heterocycles. The molecule has 0 aliphatic rings. The Morgan fingerprint density at radius 3 is 2.16 bits per heavy atom. The van der Waals surface area contributed by atoms with Crippen molar-refractivity contribution in [1.29, 1.82) is 0 Å². The first-order chi connectivity index (χ1) is 12.0. The van der Waals surface area contributed by atoms with Crippen molar-refractivity contribution in [1.82, 2.24) is 5.32 Å². The van der Waals surface area contributed by atoms with E-state index in [0.717, 1.165) is 5.69 Å². The Morgan fingerprint density at radius 2 is 1.44 bits per heavy atom. The number of nitrogens with one attached hydrogen (secondary N) is 2. The molecule has 0 radical (unpaired) electrons. The zero-order valence-corrected chi connectivity index (χ0v) is 15.7. The molecule has 3 rings (SSSR count). The van der Waals surface area contributed by atoms with Gasteiger partial charge in [-0.25, -0.2) is 0 Å². The van der Waals surface area contributed by atoms with E-state index in [4.69, 9.17) is 12.2 Å². The largest absolute Gasteiger partial charge is 0.356 e. The van der Waals surface area contributed by atoms with Gasteiger partial charge in [-0.1, -0.05) is 74.5 Å². The lowest BCUT2D eigenvalue weighted by Crippen LogP contribution is -2.30. The van der Waals surface area contributed by atoms with Crippen LogP contribution in [0.4, 0.5) is 5.69 Å². The zero-order valence-electron chi connectivity index (χ0n) is 14.9. The molecular formula is C22H24N2S. The van der Waals surface area contributed by atoms with Crippen LogP contribution in [0.1, 0.15) is 43.9 Å². The van der Waals surface area contributed by atoms with E-state index in [2.05, 4.69) is 79.9 Å². The van der Waals surface area contributed by atoms with Gasteiger partial charge in [-0.05, 0) is 47.6 Å². The van der Waals surface area contributed by atoms with Gasteiger partial charge in [-0.15, -0.1) is 0 Å². The van der Waals surface area contributed by atoms with Crippen molar-refractivity contribution in [2.45, 2.75) is 32.7 Å². The molecule has 3 aromatic rings. The molecule has 3 heteroatoms. The summed E-state index contributed by atoms with van der Waals surface area (Å²) in [5, 5.41) is 9.72. The quantitative estimate of drug-likeness (QED) is 0.565. The average molecular weight is 349 g/mol. The minimum Gasteiger partial charge on any atom is -0.356 e. The normalized spacial score (nSPS) is 12.2. The molecule has 0 bridgehead atoms. The molecule has 25 heavy (non-hydrogen) atoms. The van der Waals surface area contributed by atoms with E-state index < -0.39 is 0 Å². The number of rotatable bonds is 4. The molecule has 0 spiro atoms. The second-order valence-electron chi connectivity index (χ2n) is 6.67. The lowest BCUT2D eigenvalue weighted by Gasteiger charge is -2.19. The van der Waals surface area contributed by atoms with Crippen molar-refractivity contribution in [2.75, 3.05) is 5.32 Å². The first-order valence-electron chi connectivity index (χ1n) is 8.69. The summed E-state index contributed by atoms with van der Waals surface area (Å²) in [6, 6.07) is 23.4. The number of fused-ring (bicyclic) bond motifs is 1. The SMILES string of the molecule is CC(C)c1ccc([C@@H](C)NC(=S)Nc2cccc3ccccc23)cc1. The van der Waals surface area contributed by atoms with Gasteiger partial charge in [-0.2, -0.15) is 0 Å². The van der Waals surface area contributed by atoms with E-state index in [1.54, 1.807) is 0 Å². The summed E-state index contributed by atoms with van der Waals surface area (Å²) in [6.45, 7) is 6.54. The number of thiocarbonyl (C=S) groups is 1. The Kier molecular flexibility index (Phi) is 5.34. The van der Waals surface area contributed by atoms with Crippen molar-refractivity contribution in [3.8, 4) is 0 Å². The van der Waals surface area contributed by atoms with Crippen LogP contribution >= 0.6 is 12.2 Å². The van der Waals surface area contributed by atoms with Gasteiger partial charge in [0.1, 0.15) is 0 Å². The Balaban J connectivity index is 1.69. The fraction of sp³-hybridized carbons (Fsp3) is 0.227. The summed E-state index contributed by atoms with van der Waals surface area (Å²) in [7, 11) is 0. The molecule has 128 valence electrons. The third-order valence-electron chi connectivity index (χ3n) is 4.49. The molecule has 0 saturated heterocycles. The molecule has 0 saturated carbocycles. The minimum absolute atomic E-state index is 0.149. The van der Waals surface area contributed by atoms with Crippen LogP contribution in [-0.4, -0.2) is 5.11 Å². The van der Waals surface area contributed by atoms with E-state index in [9.17, 15) is 0 Å². The summed E-state index contributed by atoms with van der Waals surface area (Å²) < 4.78 is 0. The highest BCUT2D eigenvalue weighted by atomic mass is 32.1. The van der Waals surface area contributed by atoms with E-state index in [-0.39, 0.29) is 6.04 Å². The van der Waals surface area contributed by atoms with Crippen LogP contribution in [0.15, 0.2) is 66.7 Å². The predicted octanol–water partition coefficient (Wildman–Crippen LogP) is 6.01. The molecule has 2 nitrogen and oxygen atoms in total. The third kappa shape index (κ3) is 4.18. The van der Waals surface area contributed by atoms with Crippen molar-refractivity contribution in [3.63, 3.8) is 0 Å². The first kappa shape index (κ1) is 17.4. The molecule has 0 unspecified atom stereocenters. The van der Waals surface area contributed by atoms with E-state index in [1.165, 1.54) is 21.9 Å². The predicted molar refractivity (Wildman–Crippen MR) is 112 cm³/mol. The lowest BCUT2D eigenvalue weighted by molar-refractivity contribution is 0.721. The van der Waals surface area contributed by atoms with Gasteiger partial charge in [0, 0.05) is 11.1 Å². The zero-order chi connectivity index (χ0) is 17.8. The number of hydrogen-bond donors (Lipinski definition) is 2. The van der Waals surface area contributed by atoms with Crippen LogP contribution in [0.2, 0.25) is 0 Å². The van der Waals surface area contributed by atoms with E-state index in [1.807, 2.05) is 18.2 Å². The van der Waals surface area contributed by atoms with Crippen molar-refractivity contribution in [2.24, 2.45) is 0 Å². The second kappa shape index (κ2) is 7.66. The standard InChI is InChI=1S/C22H24N2S/c1-15(2)17-11-13-18(14-12-17)16(3)23-22(25)24-21-10-6-8-19-7-4-5-9-20(19)21/h4-16H,1-3H3,(H2,23,24,25)/t16-/m1/s1. The summed E-state index contributed by atoms with van der Waals surface area (Å²) >= 11 is 5.52. The van der Waals surface area contributed by atoms with E-state index in [0.29, 0.717) is 11.0 Å². The van der Waals surface area contributed by atoms with Gasteiger partial charge in [0.05, 0.1) is 6.04 Å². The molecule has 0 heterocycles. The van der Waals surface area contributed by atoms with Gasteiger partial charge in [0.25, 0.3) is 0 Å². The second-order valence-corrected chi connectivity index (χ2v) is 7.08. The number of anilines is 1. The summed E-state index contributed by atoms with van der Waals surface area (Å²) in [4.78, 5) is 0.